The van der Waals surface area contributed by atoms with E-state index in [4.69, 9.17) is 10.2 Å². The Hall–Kier alpha value is -3.39. The maximum absolute atomic E-state index is 11.9. The van der Waals surface area contributed by atoms with Crippen LogP contribution in [0, 0.1) is 11.3 Å². The monoisotopic (exact) mass is 368 g/mol. The molecule has 0 atom stereocenters. The van der Waals surface area contributed by atoms with Gasteiger partial charge in [0.15, 0.2) is 0 Å². The van der Waals surface area contributed by atoms with Crippen molar-refractivity contribution in [2.24, 2.45) is 0 Å². The summed E-state index contributed by atoms with van der Waals surface area (Å²) in [5, 5.41) is 13.1. The smallest absolute Gasteiger partial charge is 0.239 e. The molecule has 2 aliphatic rings. The van der Waals surface area contributed by atoms with Crippen LogP contribution < -0.4 is 10.2 Å². The summed E-state index contributed by atoms with van der Waals surface area (Å²) in [4.78, 5) is 18.9. The molecule has 3 aromatic rings. The number of piperazine rings is 1. The first kappa shape index (κ1) is 16.8. The summed E-state index contributed by atoms with van der Waals surface area (Å²) in [5.74, 6) is 0.612. The minimum absolute atomic E-state index is 0.0689. The lowest BCUT2D eigenvalue weighted by Gasteiger charge is -2.30. The molecule has 0 unspecified atom stereocenters. The number of para-hydroxylation sites is 1. The lowest BCUT2D eigenvalue weighted by Crippen LogP contribution is -2.48. The summed E-state index contributed by atoms with van der Waals surface area (Å²) >= 11 is 0. The van der Waals surface area contributed by atoms with E-state index in [-0.39, 0.29) is 5.91 Å². The number of carbonyl (C=O) groups is 1. The summed E-state index contributed by atoms with van der Waals surface area (Å²) in [7, 11) is 0. The third-order valence-electron chi connectivity index (χ3n) is 5.61. The second-order valence-corrected chi connectivity index (χ2v) is 7.49. The van der Waals surface area contributed by atoms with Crippen LogP contribution in [-0.2, 0) is 4.79 Å². The lowest BCUT2D eigenvalue weighted by molar-refractivity contribution is -0.120. The highest BCUT2D eigenvalue weighted by Crippen LogP contribution is 2.48. The van der Waals surface area contributed by atoms with Gasteiger partial charge in [-0.05, 0) is 42.0 Å². The number of aromatic nitrogens is 1. The molecule has 5 nitrogen and oxygen atoms in total. The van der Waals surface area contributed by atoms with Crippen molar-refractivity contribution in [1.82, 2.24) is 10.3 Å². The molecule has 2 aromatic carbocycles. The van der Waals surface area contributed by atoms with Crippen LogP contribution in [0.3, 0.4) is 0 Å². The Kier molecular flexibility index (Phi) is 3.98. The molecule has 1 N–H and O–H groups in total. The van der Waals surface area contributed by atoms with Gasteiger partial charge >= 0.3 is 0 Å². The maximum atomic E-state index is 11.9. The van der Waals surface area contributed by atoms with Crippen molar-refractivity contribution < 1.29 is 4.79 Å². The summed E-state index contributed by atoms with van der Waals surface area (Å²) in [6.07, 6.45) is 4.32. The van der Waals surface area contributed by atoms with Crippen LogP contribution in [0.1, 0.15) is 29.9 Å². The number of amides is 1. The van der Waals surface area contributed by atoms with Gasteiger partial charge in [-0.1, -0.05) is 30.3 Å². The van der Waals surface area contributed by atoms with Crippen LogP contribution in [0.25, 0.3) is 22.0 Å². The van der Waals surface area contributed by atoms with Gasteiger partial charge in [-0.3, -0.25) is 9.78 Å². The van der Waals surface area contributed by atoms with Crippen molar-refractivity contribution in [3.63, 3.8) is 0 Å². The molecular weight excluding hydrogens is 348 g/mol. The van der Waals surface area contributed by atoms with Gasteiger partial charge < -0.3 is 10.2 Å². The summed E-state index contributed by atoms with van der Waals surface area (Å²) in [6, 6.07) is 16.1. The fourth-order valence-electron chi connectivity index (χ4n) is 4.09. The molecule has 1 saturated heterocycles. The minimum atomic E-state index is 0.0689. The molecule has 5 heteroatoms. The van der Waals surface area contributed by atoms with Crippen molar-refractivity contribution in [2.45, 2.75) is 18.8 Å². The second kappa shape index (κ2) is 6.65. The molecule has 138 valence electrons. The normalized spacial score (nSPS) is 16.7. The number of nitrogens with one attached hydrogen (secondary N) is 1. The highest BCUT2D eigenvalue weighted by molar-refractivity contribution is 5.98. The predicted octanol–water partition coefficient (Wildman–Crippen LogP) is 3.59. The molecule has 0 bridgehead atoms. The first-order valence-corrected chi connectivity index (χ1v) is 9.68. The van der Waals surface area contributed by atoms with E-state index < -0.39 is 0 Å². The van der Waals surface area contributed by atoms with E-state index in [1.807, 2.05) is 30.5 Å². The predicted molar refractivity (Wildman–Crippen MR) is 109 cm³/mol. The van der Waals surface area contributed by atoms with Crippen molar-refractivity contribution in [3.8, 4) is 17.2 Å². The van der Waals surface area contributed by atoms with E-state index in [9.17, 15) is 4.79 Å². The topological polar surface area (TPSA) is 69.0 Å². The van der Waals surface area contributed by atoms with Gasteiger partial charge in [0.05, 0.1) is 35.6 Å². The Morgan fingerprint density at radius 3 is 2.68 bits per heavy atom. The highest BCUT2D eigenvalue weighted by Gasteiger charge is 2.31. The number of nitrogens with zero attached hydrogens (tertiary/aromatic N) is 3. The third-order valence-corrected chi connectivity index (χ3v) is 5.61. The van der Waals surface area contributed by atoms with Gasteiger partial charge in [0.1, 0.15) is 0 Å². The van der Waals surface area contributed by atoms with Crippen molar-refractivity contribution in [3.05, 3.63) is 59.8 Å². The van der Waals surface area contributed by atoms with E-state index in [1.165, 1.54) is 23.8 Å². The Morgan fingerprint density at radius 2 is 1.96 bits per heavy atom. The molecule has 1 amide bonds. The fraction of sp³-hybridized carbons (Fsp3) is 0.261. The number of pyridine rings is 1. The minimum Gasteiger partial charge on any atom is -0.359 e. The van der Waals surface area contributed by atoms with Gasteiger partial charge in [0, 0.05) is 24.0 Å². The number of carbonyl (C=O) groups excluding carboxylic acids is 1. The number of rotatable bonds is 3. The molecular formula is C23H20N4O. The van der Waals surface area contributed by atoms with E-state index in [1.54, 1.807) is 0 Å². The summed E-state index contributed by atoms with van der Waals surface area (Å²) < 4.78 is 0. The van der Waals surface area contributed by atoms with Crippen molar-refractivity contribution in [2.75, 3.05) is 24.5 Å². The van der Waals surface area contributed by atoms with Crippen LogP contribution in [0.15, 0.2) is 48.7 Å². The third kappa shape index (κ3) is 2.87. The molecule has 1 saturated carbocycles. The molecule has 5 rings (SSSR count). The average molecular weight is 368 g/mol. The number of anilines is 1. The molecule has 0 radical (unpaired) electrons. The molecule has 0 spiro atoms. The number of hydrogen-bond donors (Lipinski definition) is 1. The zero-order valence-corrected chi connectivity index (χ0v) is 15.5. The maximum Gasteiger partial charge on any atom is 0.239 e. The highest BCUT2D eigenvalue weighted by atomic mass is 16.2. The Balaban J connectivity index is 1.66. The first-order chi connectivity index (χ1) is 13.7. The molecule has 1 aliphatic heterocycles. The Bertz CT molecular complexity index is 1110. The van der Waals surface area contributed by atoms with E-state index in [0.29, 0.717) is 24.6 Å². The van der Waals surface area contributed by atoms with Crippen molar-refractivity contribution >= 4 is 22.5 Å². The zero-order chi connectivity index (χ0) is 19.1. The van der Waals surface area contributed by atoms with Gasteiger partial charge in [-0.15, -0.1) is 0 Å². The Labute approximate surface area is 163 Å². The number of nitriles is 1. The lowest BCUT2D eigenvalue weighted by atomic mass is 9.96. The van der Waals surface area contributed by atoms with Gasteiger partial charge in [0.2, 0.25) is 5.91 Å². The standard InChI is InChI=1S/C23H20N4O/c24-12-15-4-6-16(7-5-15)18-2-1-3-19-22(17-8-9-17)20(13-26-23(18)19)27-11-10-25-21(28)14-27/h1-7,13,17H,8-11,14H2,(H,25,28). The summed E-state index contributed by atoms with van der Waals surface area (Å²) in [5.41, 5.74) is 6.20. The fourth-order valence-corrected chi connectivity index (χ4v) is 4.09. The quantitative estimate of drug-likeness (QED) is 0.767. The average Bonchev–Trinajstić information content (AvgIpc) is 3.57. The number of fused-ring (bicyclic) bond motifs is 1. The molecule has 28 heavy (non-hydrogen) atoms. The van der Waals surface area contributed by atoms with Crippen LogP contribution >= 0.6 is 0 Å². The molecule has 1 aliphatic carbocycles. The molecule has 2 fully saturated rings. The second-order valence-electron chi connectivity index (χ2n) is 7.49. The zero-order valence-electron chi connectivity index (χ0n) is 15.5. The van der Waals surface area contributed by atoms with E-state index >= 15 is 0 Å². The Morgan fingerprint density at radius 1 is 1.14 bits per heavy atom. The van der Waals surface area contributed by atoms with E-state index in [0.717, 1.165) is 28.9 Å². The summed E-state index contributed by atoms with van der Waals surface area (Å²) in [6.45, 7) is 1.88. The van der Waals surface area contributed by atoms with Crippen LogP contribution in [0.4, 0.5) is 5.69 Å². The van der Waals surface area contributed by atoms with Crippen LogP contribution in [-0.4, -0.2) is 30.5 Å². The molecule has 2 heterocycles. The molecule has 1 aromatic heterocycles. The largest absolute Gasteiger partial charge is 0.359 e. The van der Waals surface area contributed by atoms with Crippen LogP contribution in [0.2, 0.25) is 0 Å². The van der Waals surface area contributed by atoms with E-state index in [2.05, 4.69) is 34.5 Å². The van der Waals surface area contributed by atoms with Crippen LogP contribution in [0.5, 0.6) is 0 Å². The van der Waals surface area contributed by atoms with Crippen molar-refractivity contribution in [1.29, 1.82) is 5.26 Å². The number of hydrogen-bond acceptors (Lipinski definition) is 4. The van der Waals surface area contributed by atoms with Gasteiger partial charge in [-0.25, -0.2) is 0 Å². The first-order valence-electron chi connectivity index (χ1n) is 9.68. The van der Waals surface area contributed by atoms with Gasteiger partial charge in [-0.2, -0.15) is 5.26 Å². The SMILES string of the molecule is N#Cc1ccc(-c2cccc3c(C4CC4)c(N4CCNC(=O)C4)cnc23)cc1. The number of benzene rings is 2. The van der Waals surface area contributed by atoms with Gasteiger partial charge in [0.25, 0.3) is 0 Å².